The summed E-state index contributed by atoms with van der Waals surface area (Å²) in [6, 6.07) is -2.17. The minimum absolute atomic E-state index is 0.151. The SMILES string of the molecule is CSCCC(N)C(=O)NC(CC(C)C)C(=O)N1CCCC1C(=O)NCC(=O)O. The first-order valence-corrected chi connectivity index (χ1v) is 10.9. The Morgan fingerprint density at radius 3 is 2.54 bits per heavy atom. The van der Waals surface area contributed by atoms with Gasteiger partial charge in [0.2, 0.25) is 17.7 Å². The number of carboxylic acid groups (broad SMARTS) is 1. The lowest BCUT2D eigenvalue weighted by atomic mass is 10.0. The third-order valence-electron chi connectivity index (χ3n) is 4.54. The average molecular weight is 417 g/mol. The fourth-order valence-corrected chi connectivity index (χ4v) is 3.62. The summed E-state index contributed by atoms with van der Waals surface area (Å²) in [5, 5.41) is 13.8. The van der Waals surface area contributed by atoms with Crippen molar-refractivity contribution in [2.45, 2.75) is 57.7 Å². The second-order valence-electron chi connectivity index (χ2n) is 7.38. The van der Waals surface area contributed by atoms with Gasteiger partial charge in [0.15, 0.2) is 0 Å². The van der Waals surface area contributed by atoms with Crippen LogP contribution in [0.5, 0.6) is 0 Å². The van der Waals surface area contributed by atoms with E-state index in [-0.39, 0.29) is 17.7 Å². The molecule has 1 rings (SSSR count). The maximum Gasteiger partial charge on any atom is 0.322 e. The molecule has 1 fully saturated rings. The van der Waals surface area contributed by atoms with Crippen molar-refractivity contribution in [2.75, 3.05) is 25.1 Å². The number of carboxylic acids is 1. The van der Waals surface area contributed by atoms with Crippen LogP contribution < -0.4 is 16.4 Å². The maximum atomic E-state index is 13.1. The highest BCUT2D eigenvalue weighted by Crippen LogP contribution is 2.20. The van der Waals surface area contributed by atoms with Gasteiger partial charge in [-0.3, -0.25) is 19.2 Å². The minimum Gasteiger partial charge on any atom is -0.480 e. The third-order valence-corrected chi connectivity index (χ3v) is 5.19. The molecule has 3 unspecified atom stereocenters. The van der Waals surface area contributed by atoms with Gasteiger partial charge < -0.3 is 26.4 Å². The lowest BCUT2D eigenvalue weighted by Gasteiger charge is -2.30. The number of nitrogens with two attached hydrogens (primary N) is 1. The Kier molecular flexibility index (Phi) is 10.3. The lowest BCUT2D eigenvalue weighted by Crippen LogP contribution is -2.56. The summed E-state index contributed by atoms with van der Waals surface area (Å²) in [5.41, 5.74) is 5.91. The number of hydrogen-bond donors (Lipinski definition) is 4. The van der Waals surface area contributed by atoms with Gasteiger partial charge in [0, 0.05) is 6.54 Å². The summed E-state index contributed by atoms with van der Waals surface area (Å²) >= 11 is 1.59. The standard InChI is InChI=1S/C18H32N4O5S/c1-11(2)9-13(21-16(25)12(19)6-8-28-3)18(27)22-7-4-5-14(22)17(26)20-10-15(23)24/h11-14H,4-10,19H2,1-3H3,(H,20,26)(H,21,25)(H,23,24). The number of aliphatic carboxylic acids is 1. The van der Waals surface area contributed by atoms with Gasteiger partial charge in [-0.1, -0.05) is 13.8 Å². The first-order valence-electron chi connectivity index (χ1n) is 9.52. The number of likely N-dealkylation sites (tertiary alicyclic amines) is 1. The van der Waals surface area contributed by atoms with Crippen molar-refractivity contribution in [2.24, 2.45) is 11.7 Å². The molecule has 1 aliphatic heterocycles. The summed E-state index contributed by atoms with van der Waals surface area (Å²) in [5.74, 6) is -1.44. The number of thioether (sulfide) groups is 1. The summed E-state index contributed by atoms with van der Waals surface area (Å²) < 4.78 is 0. The summed E-state index contributed by atoms with van der Waals surface area (Å²) in [6.45, 7) is 3.79. The number of carbonyl (C=O) groups is 4. The Balaban J connectivity index is 2.82. The largest absolute Gasteiger partial charge is 0.480 e. The average Bonchev–Trinajstić information content (AvgIpc) is 3.12. The molecule has 1 saturated heterocycles. The molecule has 10 heteroatoms. The maximum absolute atomic E-state index is 13.1. The third kappa shape index (κ3) is 7.67. The molecule has 0 saturated carbocycles. The first-order chi connectivity index (χ1) is 13.2. The van der Waals surface area contributed by atoms with Crippen LogP contribution in [0.2, 0.25) is 0 Å². The zero-order chi connectivity index (χ0) is 21.3. The molecule has 0 aliphatic carbocycles. The monoisotopic (exact) mass is 416 g/mol. The second kappa shape index (κ2) is 11.9. The Morgan fingerprint density at radius 2 is 1.96 bits per heavy atom. The van der Waals surface area contributed by atoms with Gasteiger partial charge in [-0.25, -0.2) is 0 Å². The van der Waals surface area contributed by atoms with E-state index in [1.54, 1.807) is 11.8 Å². The van der Waals surface area contributed by atoms with Gasteiger partial charge in [0.05, 0.1) is 6.04 Å². The van der Waals surface area contributed by atoms with E-state index in [1.807, 2.05) is 20.1 Å². The molecular weight excluding hydrogens is 384 g/mol. The van der Waals surface area contributed by atoms with Crippen LogP contribution in [-0.2, 0) is 19.2 Å². The molecule has 0 bridgehead atoms. The van der Waals surface area contributed by atoms with Crippen molar-refractivity contribution >= 4 is 35.5 Å². The van der Waals surface area contributed by atoms with Crippen LogP contribution in [0, 0.1) is 5.92 Å². The number of carbonyl (C=O) groups excluding carboxylic acids is 3. The fourth-order valence-electron chi connectivity index (χ4n) is 3.13. The quantitative estimate of drug-likeness (QED) is 0.365. The fraction of sp³-hybridized carbons (Fsp3) is 0.778. The topological polar surface area (TPSA) is 142 Å². The normalized spacial score (nSPS) is 18.6. The van der Waals surface area contributed by atoms with E-state index in [0.717, 1.165) is 5.75 Å². The molecular formula is C18H32N4O5S. The number of nitrogens with one attached hydrogen (secondary N) is 2. The first kappa shape index (κ1) is 24.2. The number of nitrogens with zero attached hydrogens (tertiary/aromatic N) is 1. The zero-order valence-electron chi connectivity index (χ0n) is 16.8. The Bertz CT molecular complexity index is 572. The molecule has 1 heterocycles. The van der Waals surface area contributed by atoms with Crippen molar-refractivity contribution in [3.8, 4) is 0 Å². The van der Waals surface area contributed by atoms with Crippen molar-refractivity contribution in [1.82, 2.24) is 15.5 Å². The van der Waals surface area contributed by atoms with Crippen molar-refractivity contribution in [3.63, 3.8) is 0 Å². The van der Waals surface area contributed by atoms with Gasteiger partial charge >= 0.3 is 5.97 Å². The Labute approximate surface area is 170 Å². The van der Waals surface area contributed by atoms with E-state index >= 15 is 0 Å². The summed E-state index contributed by atoms with van der Waals surface area (Å²) in [7, 11) is 0. The highest BCUT2D eigenvalue weighted by atomic mass is 32.2. The molecule has 0 aromatic carbocycles. The van der Waals surface area contributed by atoms with E-state index in [4.69, 9.17) is 10.8 Å². The predicted octanol–water partition coefficient (Wildman–Crippen LogP) is -0.210. The Hall–Kier alpha value is -1.81. The summed E-state index contributed by atoms with van der Waals surface area (Å²) in [6.07, 6.45) is 3.98. The Morgan fingerprint density at radius 1 is 1.29 bits per heavy atom. The predicted molar refractivity (Wildman–Crippen MR) is 108 cm³/mol. The molecule has 0 spiro atoms. The van der Waals surface area contributed by atoms with Crippen LogP contribution in [0.1, 0.15) is 39.5 Å². The van der Waals surface area contributed by atoms with Crippen LogP contribution in [0.15, 0.2) is 0 Å². The molecule has 0 radical (unpaired) electrons. The molecule has 28 heavy (non-hydrogen) atoms. The number of amides is 3. The number of rotatable bonds is 11. The molecule has 5 N–H and O–H groups in total. The molecule has 1 aliphatic rings. The smallest absolute Gasteiger partial charge is 0.322 e. The molecule has 9 nitrogen and oxygen atoms in total. The van der Waals surface area contributed by atoms with E-state index in [2.05, 4.69) is 10.6 Å². The molecule has 0 aromatic rings. The van der Waals surface area contributed by atoms with Crippen molar-refractivity contribution < 1.29 is 24.3 Å². The van der Waals surface area contributed by atoms with E-state index in [0.29, 0.717) is 32.2 Å². The van der Waals surface area contributed by atoms with Crippen LogP contribution >= 0.6 is 11.8 Å². The van der Waals surface area contributed by atoms with E-state index < -0.39 is 36.5 Å². The molecule has 3 amide bonds. The van der Waals surface area contributed by atoms with Gasteiger partial charge in [-0.15, -0.1) is 0 Å². The van der Waals surface area contributed by atoms with Crippen LogP contribution in [0.25, 0.3) is 0 Å². The van der Waals surface area contributed by atoms with Crippen molar-refractivity contribution in [3.05, 3.63) is 0 Å². The minimum atomic E-state index is -1.14. The zero-order valence-corrected chi connectivity index (χ0v) is 17.6. The lowest BCUT2D eigenvalue weighted by molar-refractivity contribution is -0.143. The van der Waals surface area contributed by atoms with Crippen LogP contribution in [0.4, 0.5) is 0 Å². The van der Waals surface area contributed by atoms with E-state index in [9.17, 15) is 19.2 Å². The highest BCUT2D eigenvalue weighted by Gasteiger charge is 2.38. The van der Waals surface area contributed by atoms with Gasteiger partial charge in [-0.2, -0.15) is 11.8 Å². The van der Waals surface area contributed by atoms with Crippen molar-refractivity contribution in [1.29, 1.82) is 0 Å². The molecule has 0 aromatic heterocycles. The van der Waals surface area contributed by atoms with E-state index in [1.165, 1.54) is 4.90 Å². The highest BCUT2D eigenvalue weighted by molar-refractivity contribution is 7.98. The van der Waals surface area contributed by atoms with Gasteiger partial charge in [0.25, 0.3) is 0 Å². The summed E-state index contributed by atoms with van der Waals surface area (Å²) in [4.78, 5) is 49.9. The van der Waals surface area contributed by atoms with Gasteiger partial charge in [0.1, 0.15) is 18.6 Å². The second-order valence-corrected chi connectivity index (χ2v) is 8.37. The molecule has 160 valence electrons. The van der Waals surface area contributed by atoms with Crippen LogP contribution in [-0.4, -0.2) is 76.9 Å². The number of hydrogen-bond acceptors (Lipinski definition) is 6. The van der Waals surface area contributed by atoms with Gasteiger partial charge in [-0.05, 0) is 43.6 Å². The molecule has 3 atom stereocenters. The van der Waals surface area contributed by atoms with Crippen LogP contribution in [0.3, 0.4) is 0 Å².